The second-order valence-electron chi connectivity index (χ2n) is 3.14. The highest BCUT2D eigenvalue weighted by atomic mass is 35.5. The van der Waals surface area contributed by atoms with Gasteiger partial charge in [-0.15, -0.1) is 12.4 Å². The van der Waals surface area contributed by atoms with E-state index in [1.54, 1.807) is 0 Å². The van der Waals surface area contributed by atoms with E-state index in [1.165, 1.54) is 18.2 Å². The van der Waals surface area contributed by atoms with E-state index < -0.39 is 30.1 Å². The summed E-state index contributed by atoms with van der Waals surface area (Å²) in [6.07, 6.45) is -5.65. The molecular weight excluding hydrogens is 247 g/mol. The van der Waals surface area contributed by atoms with Crippen LogP contribution in [-0.4, -0.2) is 16.4 Å². The molecule has 3 nitrogen and oxygen atoms in total. The summed E-state index contributed by atoms with van der Waals surface area (Å²) in [5, 5.41) is 18.3. The number of alkyl halides is 3. The standard InChI is InChI=1S/C9H10F3NO2.ClH/c10-9(11,12)4-6(13)5-2-1-3-7(14)8(5)15;/h1-3,6,14-15H,4,13H2;1H/t6-;/m1./s1. The van der Waals surface area contributed by atoms with E-state index >= 15 is 0 Å². The van der Waals surface area contributed by atoms with Gasteiger partial charge in [0.1, 0.15) is 0 Å². The molecule has 0 radical (unpaired) electrons. The molecule has 0 unspecified atom stereocenters. The number of nitrogens with two attached hydrogens (primary N) is 1. The van der Waals surface area contributed by atoms with Crippen molar-refractivity contribution in [3.63, 3.8) is 0 Å². The molecule has 0 amide bonds. The average Bonchev–Trinajstić information content (AvgIpc) is 2.06. The Bertz CT molecular complexity index is 357. The fourth-order valence-electron chi connectivity index (χ4n) is 1.21. The van der Waals surface area contributed by atoms with Gasteiger partial charge in [-0.25, -0.2) is 0 Å². The third-order valence-corrected chi connectivity index (χ3v) is 1.90. The number of aromatic hydroxyl groups is 2. The zero-order valence-corrected chi connectivity index (χ0v) is 8.85. The summed E-state index contributed by atoms with van der Waals surface area (Å²) < 4.78 is 36.0. The average molecular weight is 258 g/mol. The van der Waals surface area contributed by atoms with Crippen LogP contribution in [0.15, 0.2) is 18.2 Å². The van der Waals surface area contributed by atoms with Crippen LogP contribution in [0.3, 0.4) is 0 Å². The van der Waals surface area contributed by atoms with Crippen LogP contribution in [0.4, 0.5) is 13.2 Å². The highest BCUT2D eigenvalue weighted by Crippen LogP contribution is 2.36. The Labute approximate surface area is 96.1 Å². The summed E-state index contributed by atoms with van der Waals surface area (Å²) in [5.74, 6) is -1.08. The largest absolute Gasteiger partial charge is 0.504 e. The number of hydrogen-bond acceptors (Lipinski definition) is 3. The van der Waals surface area contributed by atoms with Gasteiger partial charge in [0.2, 0.25) is 0 Å². The molecule has 0 aliphatic rings. The predicted molar refractivity (Wildman–Crippen MR) is 54.6 cm³/mol. The van der Waals surface area contributed by atoms with Crippen molar-refractivity contribution in [1.29, 1.82) is 0 Å². The lowest BCUT2D eigenvalue weighted by atomic mass is 10.0. The van der Waals surface area contributed by atoms with Crippen LogP contribution in [0.25, 0.3) is 0 Å². The van der Waals surface area contributed by atoms with Gasteiger partial charge in [-0.2, -0.15) is 13.2 Å². The monoisotopic (exact) mass is 257 g/mol. The maximum absolute atomic E-state index is 12.0. The highest BCUT2D eigenvalue weighted by Gasteiger charge is 2.32. The van der Waals surface area contributed by atoms with Crippen LogP contribution >= 0.6 is 12.4 Å². The maximum Gasteiger partial charge on any atom is 0.390 e. The molecule has 0 aromatic heterocycles. The van der Waals surface area contributed by atoms with Crippen molar-refractivity contribution in [2.75, 3.05) is 0 Å². The fraction of sp³-hybridized carbons (Fsp3) is 0.333. The normalized spacial score (nSPS) is 13.0. The van der Waals surface area contributed by atoms with Gasteiger partial charge in [0.25, 0.3) is 0 Å². The molecule has 0 heterocycles. The molecule has 0 aliphatic heterocycles. The lowest BCUT2D eigenvalue weighted by molar-refractivity contribution is -0.138. The Kier molecular flexibility index (Phi) is 4.89. The molecule has 92 valence electrons. The van der Waals surface area contributed by atoms with Gasteiger partial charge in [-0.05, 0) is 6.07 Å². The van der Waals surface area contributed by atoms with E-state index in [2.05, 4.69) is 0 Å². The van der Waals surface area contributed by atoms with E-state index in [0.29, 0.717) is 0 Å². The fourth-order valence-corrected chi connectivity index (χ4v) is 1.21. The minimum absolute atomic E-state index is 0. The molecule has 0 fully saturated rings. The quantitative estimate of drug-likeness (QED) is 0.713. The Hall–Kier alpha value is -1.14. The predicted octanol–water partition coefficient (Wildman–Crippen LogP) is 2.47. The van der Waals surface area contributed by atoms with Crippen LogP contribution in [0.5, 0.6) is 11.5 Å². The van der Waals surface area contributed by atoms with Crippen molar-refractivity contribution >= 4 is 12.4 Å². The van der Waals surface area contributed by atoms with Gasteiger partial charge < -0.3 is 15.9 Å². The number of rotatable bonds is 2. The molecule has 16 heavy (non-hydrogen) atoms. The molecule has 1 atom stereocenters. The van der Waals surface area contributed by atoms with E-state index in [9.17, 15) is 18.3 Å². The molecule has 0 bridgehead atoms. The Morgan fingerprint density at radius 2 is 1.81 bits per heavy atom. The summed E-state index contributed by atoms with van der Waals surface area (Å²) in [5.41, 5.74) is 5.14. The van der Waals surface area contributed by atoms with Crippen molar-refractivity contribution in [3.8, 4) is 11.5 Å². The minimum atomic E-state index is -4.41. The second kappa shape index (κ2) is 5.27. The third-order valence-electron chi connectivity index (χ3n) is 1.90. The van der Waals surface area contributed by atoms with E-state index in [0.717, 1.165) is 0 Å². The van der Waals surface area contributed by atoms with Gasteiger partial charge in [0.15, 0.2) is 11.5 Å². The first kappa shape index (κ1) is 14.9. The summed E-state index contributed by atoms with van der Waals surface area (Å²) in [4.78, 5) is 0. The topological polar surface area (TPSA) is 66.5 Å². The Morgan fingerprint density at radius 1 is 1.25 bits per heavy atom. The van der Waals surface area contributed by atoms with Crippen molar-refractivity contribution in [2.45, 2.75) is 18.6 Å². The van der Waals surface area contributed by atoms with E-state index in [1.807, 2.05) is 0 Å². The van der Waals surface area contributed by atoms with Gasteiger partial charge in [-0.1, -0.05) is 12.1 Å². The van der Waals surface area contributed by atoms with Gasteiger partial charge in [0.05, 0.1) is 6.42 Å². The number of phenolic OH excluding ortho intramolecular Hbond substituents is 2. The van der Waals surface area contributed by atoms with Gasteiger partial charge in [-0.3, -0.25) is 0 Å². The molecule has 1 aromatic rings. The molecule has 0 saturated heterocycles. The van der Waals surface area contributed by atoms with Gasteiger partial charge >= 0.3 is 6.18 Å². The third kappa shape index (κ3) is 3.79. The van der Waals surface area contributed by atoms with Crippen LogP contribution in [0.2, 0.25) is 0 Å². The highest BCUT2D eigenvalue weighted by molar-refractivity contribution is 5.85. The SMILES string of the molecule is Cl.N[C@H](CC(F)(F)F)c1cccc(O)c1O. The first-order valence-electron chi connectivity index (χ1n) is 4.14. The zero-order chi connectivity index (χ0) is 11.6. The number of phenols is 2. The Balaban J connectivity index is 0.00000225. The molecule has 1 aromatic carbocycles. The van der Waals surface area contributed by atoms with Crippen LogP contribution in [0, 0.1) is 0 Å². The molecule has 0 saturated carbocycles. The first-order chi connectivity index (χ1) is 6.81. The second-order valence-corrected chi connectivity index (χ2v) is 3.14. The lowest BCUT2D eigenvalue weighted by Gasteiger charge is -2.15. The maximum atomic E-state index is 12.0. The molecule has 0 aliphatic carbocycles. The van der Waals surface area contributed by atoms with Crippen molar-refractivity contribution < 1.29 is 23.4 Å². The first-order valence-corrected chi connectivity index (χ1v) is 4.14. The molecule has 4 N–H and O–H groups in total. The smallest absolute Gasteiger partial charge is 0.390 e. The van der Waals surface area contributed by atoms with E-state index in [4.69, 9.17) is 10.8 Å². The molecule has 7 heteroatoms. The summed E-state index contributed by atoms with van der Waals surface area (Å²) in [6.45, 7) is 0. The van der Waals surface area contributed by atoms with Crippen LogP contribution in [0.1, 0.15) is 18.0 Å². The van der Waals surface area contributed by atoms with Crippen LogP contribution < -0.4 is 5.73 Å². The zero-order valence-electron chi connectivity index (χ0n) is 8.03. The number of halogens is 4. The Morgan fingerprint density at radius 3 is 2.31 bits per heavy atom. The minimum Gasteiger partial charge on any atom is -0.504 e. The number of para-hydroxylation sites is 1. The summed E-state index contributed by atoms with van der Waals surface area (Å²) >= 11 is 0. The van der Waals surface area contributed by atoms with Gasteiger partial charge in [0, 0.05) is 11.6 Å². The van der Waals surface area contributed by atoms with Crippen molar-refractivity contribution in [2.24, 2.45) is 5.73 Å². The lowest BCUT2D eigenvalue weighted by Crippen LogP contribution is -2.20. The summed E-state index contributed by atoms with van der Waals surface area (Å²) in [7, 11) is 0. The molecule has 1 rings (SSSR count). The van der Waals surface area contributed by atoms with Crippen molar-refractivity contribution in [1.82, 2.24) is 0 Å². The summed E-state index contributed by atoms with van der Waals surface area (Å²) in [6, 6.07) is 2.35. The van der Waals surface area contributed by atoms with Crippen LogP contribution in [-0.2, 0) is 0 Å². The molecule has 0 spiro atoms. The van der Waals surface area contributed by atoms with Crippen molar-refractivity contribution in [3.05, 3.63) is 23.8 Å². The molecular formula is C9H11ClF3NO2. The number of benzene rings is 1. The number of hydrogen-bond donors (Lipinski definition) is 3. The van der Waals surface area contributed by atoms with E-state index in [-0.39, 0.29) is 18.0 Å².